The molecule has 0 aliphatic rings. The van der Waals surface area contributed by atoms with Gasteiger partial charge < -0.3 is 9.88 Å². The number of nitrogens with zero attached hydrogens (tertiary/aromatic N) is 3. The Kier molecular flexibility index (Phi) is 5.84. The molecule has 1 amide bonds. The topological polar surface area (TPSA) is 59.8 Å². The van der Waals surface area contributed by atoms with Crippen LogP contribution in [0.2, 0.25) is 0 Å². The summed E-state index contributed by atoms with van der Waals surface area (Å²) < 4.78 is 15.8. The second kappa shape index (κ2) is 8.14. The predicted octanol–water partition coefficient (Wildman–Crippen LogP) is 4.67. The van der Waals surface area contributed by atoms with Crippen molar-refractivity contribution in [1.29, 1.82) is 0 Å². The monoisotopic (exact) mass is 398 g/mol. The van der Waals surface area contributed by atoms with Crippen molar-refractivity contribution in [2.24, 2.45) is 7.05 Å². The lowest BCUT2D eigenvalue weighted by Crippen LogP contribution is -2.23. The van der Waals surface area contributed by atoms with Crippen molar-refractivity contribution in [3.05, 3.63) is 58.9 Å². The Morgan fingerprint density at radius 3 is 2.43 bits per heavy atom. The third-order valence-electron chi connectivity index (χ3n) is 4.53. The summed E-state index contributed by atoms with van der Waals surface area (Å²) in [5.41, 5.74) is 4.45. The normalized spacial score (nSPS) is 12.1. The molecule has 0 fully saturated rings. The maximum atomic E-state index is 14.0. The van der Waals surface area contributed by atoms with Gasteiger partial charge in [0.25, 0.3) is 0 Å². The maximum Gasteiger partial charge on any atom is 0.237 e. The first-order chi connectivity index (χ1) is 13.3. The first kappa shape index (κ1) is 20.1. The summed E-state index contributed by atoms with van der Waals surface area (Å²) in [5, 5.41) is 11.4. The molecule has 2 aromatic carbocycles. The Bertz CT molecular complexity index is 1010. The number of nitrogens with one attached hydrogen (secondary N) is 1. The molecule has 0 spiro atoms. The van der Waals surface area contributed by atoms with E-state index in [1.165, 1.54) is 17.8 Å². The zero-order chi connectivity index (χ0) is 20.4. The van der Waals surface area contributed by atoms with E-state index in [4.69, 9.17) is 0 Å². The van der Waals surface area contributed by atoms with Gasteiger partial charge in [-0.05, 0) is 51.0 Å². The summed E-state index contributed by atoms with van der Waals surface area (Å²) in [7, 11) is 1.77. The second-order valence-corrected chi connectivity index (χ2v) is 8.18. The van der Waals surface area contributed by atoms with E-state index in [1.807, 2.05) is 39.8 Å². The minimum Gasteiger partial charge on any atom is -0.325 e. The summed E-state index contributed by atoms with van der Waals surface area (Å²) in [6.07, 6.45) is 0. The summed E-state index contributed by atoms with van der Waals surface area (Å²) in [6.45, 7) is 7.81. The number of carbonyl (C=O) groups excluding carboxylic acids is 1. The number of amides is 1. The molecule has 0 aliphatic heterocycles. The number of rotatable bonds is 5. The highest BCUT2D eigenvalue weighted by Gasteiger charge is 2.21. The number of aromatic nitrogens is 3. The third-order valence-corrected chi connectivity index (χ3v) is 5.66. The van der Waals surface area contributed by atoms with Gasteiger partial charge in [0.1, 0.15) is 5.82 Å². The van der Waals surface area contributed by atoms with Crippen molar-refractivity contribution in [1.82, 2.24) is 14.8 Å². The first-order valence-corrected chi connectivity index (χ1v) is 9.85. The minimum absolute atomic E-state index is 0.115. The fourth-order valence-corrected chi connectivity index (χ4v) is 3.92. The fraction of sp³-hybridized carbons (Fsp3) is 0.286. The number of thioether (sulfide) groups is 1. The molecule has 0 saturated heterocycles. The molecule has 146 valence electrons. The highest BCUT2D eigenvalue weighted by molar-refractivity contribution is 8.00. The van der Waals surface area contributed by atoms with E-state index < -0.39 is 5.25 Å². The largest absolute Gasteiger partial charge is 0.325 e. The molecule has 1 heterocycles. The Balaban J connectivity index is 1.76. The van der Waals surface area contributed by atoms with Crippen LogP contribution in [0.15, 0.2) is 41.6 Å². The van der Waals surface area contributed by atoms with E-state index in [1.54, 1.807) is 29.8 Å². The van der Waals surface area contributed by atoms with Gasteiger partial charge in [-0.15, -0.1) is 10.2 Å². The van der Waals surface area contributed by atoms with Crippen molar-refractivity contribution in [2.45, 2.75) is 38.1 Å². The van der Waals surface area contributed by atoms with Crippen molar-refractivity contribution in [3.8, 4) is 11.4 Å². The number of benzene rings is 2. The molecule has 3 aromatic rings. The molecule has 0 bridgehead atoms. The van der Waals surface area contributed by atoms with Crippen LogP contribution in [0.5, 0.6) is 0 Å². The summed E-state index contributed by atoms with van der Waals surface area (Å²) in [5.74, 6) is -0.0420. The summed E-state index contributed by atoms with van der Waals surface area (Å²) in [4.78, 5) is 12.7. The predicted molar refractivity (Wildman–Crippen MR) is 111 cm³/mol. The molecule has 5 nitrogen and oxygen atoms in total. The van der Waals surface area contributed by atoms with Crippen molar-refractivity contribution < 1.29 is 9.18 Å². The average molecular weight is 399 g/mol. The lowest BCUT2D eigenvalue weighted by molar-refractivity contribution is -0.115. The average Bonchev–Trinajstić information content (AvgIpc) is 2.98. The highest BCUT2D eigenvalue weighted by Crippen LogP contribution is 2.28. The van der Waals surface area contributed by atoms with Crippen LogP contribution < -0.4 is 5.32 Å². The molecule has 0 radical (unpaired) electrons. The zero-order valence-corrected chi connectivity index (χ0v) is 17.4. The standard InChI is InChI=1S/C21H23FN4OS/c1-12-10-13(2)18(14(3)11-12)23-20(27)15(4)28-21-25-24-19(26(21)5)16-8-6-7-9-17(16)22/h6-11,15H,1-5H3,(H,23,27)/t15-/m0/s1. The number of anilines is 1. The SMILES string of the molecule is Cc1cc(C)c(NC(=O)[C@H](C)Sc2nnc(-c3ccccc3F)n2C)c(C)c1. The molecule has 28 heavy (non-hydrogen) atoms. The molecule has 0 aliphatic carbocycles. The zero-order valence-electron chi connectivity index (χ0n) is 16.6. The van der Waals surface area contributed by atoms with E-state index in [2.05, 4.69) is 15.5 Å². The molecule has 1 atom stereocenters. The van der Waals surface area contributed by atoms with Gasteiger partial charge in [0.05, 0.1) is 10.8 Å². The van der Waals surface area contributed by atoms with Gasteiger partial charge in [-0.3, -0.25) is 4.79 Å². The molecule has 0 saturated carbocycles. The van der Waals surface area contributed by atoms with Crippen molar-refractivity contribution in [2.75, 3.05) is 5.32 Å². The van der Waals surface area contributed by atoms with Crippen LogP contribution in [0.1, 0.15) is 23.6 Å². The van der Waals surface area contributed by atoms with Crippen LogP contribution in [-0.2, 0) is 11.8 Å². The fourth-order valence-electron chi connectivity index (χ4n) is 3.11. The lowest BCUT2D eigenvalue weighted by Gasteiger charge is -2.16. The highest BCUT2D eigenvalue weighted by atomic mass is 32.2. The van der Waals surface area contributed by atoms with E-state index in [-0.39, 0.29) is 11.7 Å². The minimum atomic E-state index is -0.392. The third kappa shape index (κ3) is 4.09. The van der Waals surface area contributed by atoms with Crippen LogP contribution >= 0.6 is 11.8 Å². The molecule has 0 unspecified atom stereocenters. The van der Waals surface area contributed by atoms with E-state index in [0.29, 0.717) is 16.5 Å². The maximum absolute atomic E-state index is 14.0. The summed E-state index contributed by atoms with van der Waals surface area (Å²) >= 11 is 1.29. The second-order valence-electron chi connectivity index (χ2n) is 6.87. The van der Waals surface area contributed by atoms with E-state index >= 15 is 0 Å². The Morgan fingerprint density at radius 2 is 1.79 bits per heavy atom. The molecular formula is C21H23FN4OS. The first-order valence-electron chi connectivity index (χ1n) is 8.97. The quantitative estimate of drug-likeness (QED) is 0.635. The van der Waals surface area contributed by atoms with E-state index in [0.717, 1.165) is 22.4 Å². The lowest BCUT2D eigenvalue weighted by atomic mass is 10.1. The van der Waals surface area contributed by atoms with Gasteiger partial charge in [-0.1, -0.05) is 41.6 Å². The number of hydrogen-bond acceptors (Lipinski definition) is 4. The number of aryl methyl sites for hydroxylation is 3. The molecule has 3 rings (SSSR count). The van der Waals surface area contributed by atoms with Crippen LogP contribution in [0.25, 0.3) is 11.4 Å². The molecule has 1 aromatic heterocycles. The molecule has 7 heteroatoms. The van der Waals surface area contributed by atoms with Gasteiger partial charge in [0, 0.05) is 12.7 Å². The smallest absolute Gasteiger partial charge is 0.237 e. The number of hydrogen-bond donors (Lipinski definition) is 1. The van der Waals surface area contributed by atoms with Crippen LogP contribution in [0, 0.1) is 26.6 Å². The van der Waals surface area contributed by atoms with Crippen LogP contribution in [0.4, 0.5) is 10.1 Å². The Hall–Kier alpha value is -2.67. The Morgan fingerprint density at radius 1 is 1.14 bits per heavy atom. The van der Waals surface area contributed by atoms with Crippen molar-refractivity contribution >= 4 is 23.4 Å². The Labute approximate surface area is 168 Å². The van der Waals surface area contributed by atoms with Gasteiger partial charge in [0.2, 0.25) is 5.91 Å². The summed E-state index contributed by atoms with van der Waals surface area (Å²) in [6, 6.07) is 10.5. The van der Waals surface area contributed by atoms with E-state index in [9.17, 15) is 9.18 Å². The van der Waals surface area contributed by atoms with Crippen LogP contribution in [0.3, 0.4) is 0 Å². The molecule has 1 N–H and O–H groups in total. The number of halogens is 1. The van der Waals surface area contributed by atoms with Gasteiger partial charge in [-0.25, -0.2) is 4.39 Å². The van der Waals surface area contributed by atoms with Gasteiger partial charge in [0.15, 0.2) is 11.0 Å². The van der Waals surface area contributed by atoms with Gasteiger partial charge in [-0.2, -0.15) is 0 Å². The van der Waals surface area contributed by atoms with Crippen LogP contribution in [-0.4, -0.2) is 25.9 Å². The number of carbonyl (C=O) groups is 1. The van der Waals surface area contributed by atoms with Crippen molar-refractivity contribution in [3.63, 3.8) is 0 Å². The molecular weight excluding hydrogens is 375 g/mol. The van der Waals surface area contributed by atoms with Gasteiger partial charge >= 0.3 is 0 Å².